The number of carbonyl (C=O) groups excluding carboxylic acids is 1. The quantitative estimate of drug-likeness (QED) is 0.877. The summed E-state index contributed by atoms with van der Waals surface area (Å²) in [5.74, 6) is -0.0667. The first kappa shape index (κ1) is 16.1. The van der Waals surface area contributed by atoms with E-state index in [9.17, 15) is 9.18 Å². The highest BCUT2D eigenvalue weighted by atomic mass is 35.5. The van der Waals surface area contributed by atoms with E-state index in [1.54, 1.807) is 37.3 Å². The molecule has 0 unspecified atom stereocenters. The molecule has 0 aromatic heterocycles. The number of amides is 1. The van der Waals surface area contributed by atoms with E-state index in [2.05, 4.69) is 10.6 Å². The highest BCUT2D eigenvalue weighted by molar-refractivity contribution is 6.31. The van der Waals surface area contributed by atoms with Gasteiger partial charge >= 0.3 is 0 Å². The molecule has 116 valence electrons. The standard InChI is InChI=1S/C16H16ClFN2O2/c1-10(19-13-6-4-12(18)5-7-13)16(21)20-14-9-11(17)3-8-15(14)22-2/h3-10,19H,1-2H3,(H,20,21)/t10-/m0/s1. The smallest absolute Gasteiger partial charge is 0.246 e. The fraction of sp³-hybridized carbons (Fsp3) is 0.188. The average molecular weight is 323 g/mol. The van der Waals surface area contributed by atoms with Crippen LogP contribution in [0.3, 0.4) is 0 Å². The SMILES string of the molecule is COc1ccc(Cl)cc1NC(=O)[C@H](C)Nc1ccc(F)cc1. The van der Waals surface area contributed by atoms with Gasteiger partial charge < -0.3 is 15.4 Å². The van der Waals surface area contributed by atoms with E-state index in [0.717, 1.165) is 0 Å². The molecule has 2 aromatic rings. The molecule has 2 N–H and O–H groups in total. The van der Waals surface area contributed by atoms with Crippen LogP contribution in [-0.4, -0.2) is 19.1 Å². The fourth-order valence-corrected chi connectivity index (χ4v) is 2.05. The van der Waals surface area contributed by atoms with Crippen LogP contribution < -0.4 is 15.4 Å². The van der Waals surface area contributed by atoms with E-state index >= 15 is 0 Å². The molecule has 0 saturated carbocycles. The fourth-order valence-electron chi connectivity index (χ4n) is 1.88. The molecule has 0 aliphatic rings. The van der Waals surface area contributed by atoms with Gasteiger partial charge in [-0.1, -0.05) is 11.6 Å². The van der Waals surface area contributed by atoms with Gasteiger partial charge in [0, 0.05) is 10.7 Å². The minimum Gasteiger partial charge on any atom is -0.495 e. The Morgan fingerprint density at radius 2 is 1.91 bits per heavy atom. The molecule has 22 heavy (non-hydrogen) atoms. The lowest BCUT2D eigenvalue weighted by molar-refractivity contribution is -0.116. The first-order valence-electron chi connectivity index (χ1n) is 6.66. The third kappa shape index (κ3) is 4.11. The Morgan fingerprint density at radius 1 is 1.23 bits per heavy atom. The van der Waals surface area contributed by atoms with Gasteiger partial charge in [0.15, 0.2) is 0 Å². The zero-order valence-electron chi connectivity index (χ0n) is 12.2. The summed E-state index contributed by atoms with van der Waals surface area (Å²) in [6, 6.07) is 10.2. The minimum absolute atomic E-state index is 0.259. The minimum atomic E-state index is -0.519. The molecular weight excluding hydrogens is 307 g/mol. The monoisotopic (exact) mass is 322 g/mol. The van der Waals surface area contributed by atoms with E-state index in [1.165, 1.54) is 19.2 Å². The van der Waals surface area contributed by atoms with Gasteiger partial charge in [0.25, 0.3) is 0 Å². The van der Waals surface area contributed by atoms with Crippen LogP contribution in [-0.2, 0) is 4.79 Å². The van der Waals surface area contributed by atoms with Crippen LogP contribution in [0.2, 0.25) is 5.02 Å². The van der Waals surface area contributed by atoms with Crippen molar-refractivity contribution in [2.45, 2.75) is 13.0 Å². The second-order valence-corrected chi connectivity index (χ2v) is 5.14. The Labute approximate surface area is 133 Å². The number of hydrogen-bond donors (Lipinski definition) is 2. The molecule has 2 rings (SSSR count). The van der Waals surface area contributed by atoms with Crippen molar-refractivity contribution in [3.05, 3.63) is 53.3 Å². The molecule has 0 radical (unpaired) electrons. The van der Waals surface area contributed by atoms with Gasteiger partial charge in [-0.15, -0.1) is 0 Å². The van der Waals surface area contributed by atoms with E-state index in [1.807, 2.05) is 0 Å². The molecule has 0 fully saturated rings. The molecule has 0 aliphatic carbocycles. The number of rotatable bonds is 5. The number of ether oxygens (including phenoxy) is 1. The normalized spacial score (nSPS) is 11.6. The third-order valence-corrected chi connectivity index (χ3v) is 3.28. The molecule has 1 atom stereocenters. The summed E-state index contributed by atoms with van der Waals surface area (Å²) in [6.45, 7) is 1.70. The number of carbonyl (C=O) groups is 1. The summed E-state index contributed by atoms with van der Waals surface area (Å²) in [4.78, 5) is 12.2. The summed E-state index contributed by atoms with van der Waals surface area (Å²) in [5, 5.41) is 6.23. The lowest BCUT2D eigenvalue weighted by Crippen LogP contribution is -2.32. The van der Waals surface area contributed by atoms with Gasteiger partial charge in [0.05, 0.1) is 12.8 Å². The van der Waals surface area contributed by atoms with Gasteiger partial charge in [0.2, 0.25) is 5.91 Å². The zero-order valence-corrected chi connectivity index (χ0v) is 12.9. The lowest BCUT2D eigenvalue weighted by Gasteiger charge is -2.16. The molecular formula is C16H16ClFN2O2. The van der Waals surface area contributed by atoms with Crippen LogP contribution in [0.25, 0.3) is 0 Å². The molecule has 2 aromatic carbocycles. The van der Waals surface area contributed by atoms with Crippen LogP contribution in [0.1, 0.15) is 6.92 Å². The third-order valence-electron chi connectivity index (χ3n) is 3.04. The summed E-state index contributed by atoms with van der Waals surface area (Å²) in [5.41, 5.74) is 1.15. The number of methoxy groups -OCH3 is 1. The molecule has 0 heterocycles. The number of nitrogens with one attached hydrogen (secondary N) is 2. The van der Waals surface area contributed by atoms with Crippen LogP contribution >= 0.6 is 11.6 Å². The summed E-state index contributed by atoms with van der Waals surface area (Å²) < 4.78 is 18.0. The second kappa shape index (κ2) is 7.13. The largest absolute Gasteiger partial charge is 0.495 e. The lowest BCUT2D eigenvalue weighted by atomic mass is 10.2. The van der Waals surface area contributed by atoms with Crippen LogP contribution in [0.15, 0.2) is 42.5 Å². The molecule has 4 nitrogen and oxygen atoms in total. The van der Waals surface area contributed by atoms with E-state index in [0.29, 0.717) is 22.1 Å². The average Bonchev–Trinajstić information content (AvgIpc) is 2.49. The van der Waals surface area contributed by atoms with Gasteiger partial charge in [0.1, 0.15) is 17.6 Å². The van der Waals surface area contributed by atoms with E-state index in [4.69, 9.17) is 16.3 Å². The number of benzene rings is 2. The molecule has 0 aliphatic heterocycles. The van der Waals surface area contributed by atoms with Crippen molar-refractivity contribution < 1.29 is 13.9 Å². The molecule has 0 bridgehead atoms. The maximum absolute atomic E-state index is 12.9. The van der Waals surface area contributed by atoms with Gasteiger partial charge in [-0.25, -0.2) is 4.39 Å². The van der Waals surface area contributed by atoms with Gasteiger partial charge in [-0.3, -0.25) is 4.79 Å². The van der Waals surface area contributed by atoms with Crippen molar-refractivity contribution in [3.63, 3.8) is 0 Å². The molecule has 1 amide bonds. The number of hydrogen-bond acceptors (Lipinski definition) is 3. The predicted molar refractivity (Wildman–Crippen MR) is 86.1 cm³/mol. The highest BCUT2D eigenvalue weighted by Crippen LogP contribution is 2.27. The highest BCUT2D eigenvalue weighted by Gasteiger charge is 2.15. The number of anilines is 2. The molecule has 0 spiro atoms. The van der Waals surface area contributed by atoms with Crippen LogP contribution in [0.4, 0.5) is 15.8 Å². The first-order valence-corrected chi connectivity index (χ1v) is 7.04. The maximum Gasteiger partial charge on any atom is 0.246 e. The Kier molecular flexibility index (Phi) is 5.22. The van der Waals surface area contributed by atoms with Gasteiger partial charge in [-0.05, 0) is 49.4 Å². The Morgan fingerprint density at radius 3 is 2.55 bits per heavy atom. The molecule has 6 heteroatoms. The predicted octanol–water partition coefficient (Wildman–Crippen LogP) is 3.93. The summed E-state index contributed by atoms with van der Waals surface area (Å²) >= 11 is 5.92. The summed E-state index contributed by atoms with van der Waals surface area (Å²) in [6.07, 6.45) is 0. The van der Waals surface area contributed by atoms with Crippen molar-refractivity contribution in [1.82, 2.24) is 0 Å². The van der Waals surface area contributed by atoms with Gasteiger partial charge in [-0.2, -0.15) is 0 Å². The second-order valence-electron chi connectivity index (χ2n) is 4.71. The van der Waals surface area contributed by atoms with E-state index in [-0.39, 0.29) is 11.7 Å². The van der Waals surface area contributed by atoms with E-state index < -0.39 is 6.04 Å². The number of halogens is 2. The maximum atomic E-state index is 12.9. The van der Waals surface area contributed by atoms with Crippen LogP contribution in [0.5, 0.6) is 5.75 Å². The van der Waals surface area contributed by atoms with Crippen molar-refractivity contribution in [3.8, 4) is 5.75 Å². The van der Waals surface area contributed by atoms with Crippen molar-refractivity contribution in [2.24, 2.45) is 0 Å². The van der Waals surface area contributed by atoms with Crippen molar-refractivity contribution >= 4 is 28.9 Å². The molecule has 0 saturated heterocycles. The van der Waals surface area contributed by atoms with Crippen molar-refractivity contribution in [2.75, 3.05) is 17.7 Å². The first-order chi connectivity index (χ1) is 10.5. The Bertz CT molecular complexity index is 662. The summed E-state index contributed by atoms with van der Waals surface area (Å²) in [7, 11) is 1.51. The van der Waals surface area contributed by atoms with Crippen LogP contribution in [0, 0.1) is 5.82 Å². The Balaban J connectivity index is 2.05. The Hall–Kier alpha value is -2.27. The van der Waals surface area contributed by atoms with Crippen molar-refractivity contribution in [1.29, 1.82) is 0 Å². The zero-order chi connectivity index (χ0) is 16.1. The topological polar surface area (TPSA) is 50.4 Å².